The van der Waals surface area contributed by atoms with Crippen LogP contribution >= 0.6 is 35.0 Å². The summed E-state index contributed by atoms with van der Waals surface area (Å²) in [6.07, 6.45) is 1.68. The fourth-order valence-corrected chi connectivity index (χ4v) is 4.57. The SMILES string of the molecule is COc1cc(/C=C2/SC(=Nc3cccc(Cl)c3C)NC2=O)cc(Cl)c1OCc1ccc([N+](=O)[O-])cc1. The number of carbonyl (C=O) groups is 1. The van der Waals surface area contributed by atoms with Crippen LogP contribution in [0.25, 0.3) is 6.08 Å². The normalized spacial score (nSPS) is 15.3. The number of thioether (sulfide) groups is 1. The molecule has 36 heavy (non-hydrogen) atoms. The Kier molecular flexibility index (Phi) is 7.83. The topological polar surface area (TPSA) is 103 Å². The standard InChI is InChI=1S/C25H19Cl2N3O5S/c1-14-18(26)4-3-5-20(14)28-25-29-24(31)22(36-25)12-16-10-19(27)23(21(11-16)34-2)35-13-15-6-8-17(9-7-15)30(32)33/h3-12H,13H2,1-2H3,(H,28,29,31)/b22-12+. The minimum absolute atomic E-state index is 0.00326. The smallest absolute Gasteiger partial charge is 0.269 e. The van der Waals surface area contributed by atoms with Crippen LogP contribution < -0.4 is 14.8 Å². The lowest BCUT2D eigenvalue weighted by molar-refractivity contribution is -0.384. The van der Waals surface area contributed by atoms with Crippen molar-refractivity contribution in [3.8, 4) is 11.5 Å². The van der Waals surface area contributed by atoms with E-state index in [0.29, 0.717) is 37.8 Å². The number of hydrogen-bond acceptors (Lipinski definition) is 7. The number of ether oxygens (including phenoxy) is 2. The molecule has 0 aromatic heterocycles. The lowest BCUT2D eigenvalue weighted by atomic mass is 10.1. The van der Waals surface area contributed by atoms with E-state index in [-0.39, 0.29) is 23.2 Å². The van der Waals surface area contributed by atoms with Crippen molar-refractivity contribution in [3.63, 3.8) is 0 Å². The van der Waals surface area contributed by atoms with Crippen LogP contribution in [0.1, 0.15) is 16.7 Å². The Morgan fingerprint density at radius 3 is 2.58 bits per heavy atom. The van der Waals surface area contributed by atoms with Gasteiger partial charge in [0.05, 0.1) is 27.6 Å². The first kappa shape index (κ1) is 25.6. The monoisotopic (exact) mass is 543 g/mol. The maximum absolute atomic E-state index is 12.5. The quantitative estimate of drug-likeness (QED) is 0.202. The average molecular weight is 544 g/mol. The van der Waals surface area contributed by atoms with Crippen LogP contribution in [0.3, 0.4) is 0 Å². The van der Waals surface area contributed by atoms with Gasteiger partial charge in [0.25, 0.3) is 11.6 Å². The van der Waals surface area contributed by atoms with E-state index in [1.165, 1.54) is 31.0 Å². The number of nitrogens with zero attached hydrogens (tertiary/aromatic N) is 2. The third-order valence-electron chi connectivity index (χ3n) is 5.19. The molecule has 0 unspecified atom stereocenters. The van der Waals surface area contributed by atoms with Crippen LogP contribution in [-0.4, -0.2) is 23.1 Å². The zero-order valence-electron chi connectivity index (χ0n) is 19.1. The van der Waals surface area contributed by atoms with Crippen molar-refractivity contribution < 1.29 is 19.2 Å². The number of aliphatic imine (C=N–C) groups is 1. The molecule has 11 heteroatoms. The predicted molar refractivity (Wildman–Crippen MR) is 142 cm³/mol. The first-order valence-corrected chi connectivity index (χ1v) is 12.1. The summed E-state index contributed by atoms with van der Waals surface area (Å²) in [5.41, 5.74) is 2.85. The summed E-state index contributed by atoms with van der Waals surface area (Å²) in [5.74, 6) is 0.414. The Morgan fingerprint density at radius 2 is 1.89 bits per heavy atom. The van der Waals surface area contributed by atoms with E-state index in [2.05, 4.69) is 10.3 Å². The molecule has 0 spiro atoms. The van der Waals surface area contributed by atoms with Crippen LogP contribution in [-0.2, 0) is 11.4 Å². The molecule has 0 radical (unpaired) electrons. The van der Waals surface area contributed by atoms with Gasteiger partial charge in [-0.15, -0.1) is 0 Å². The highest BCUT2D eigenvalue weighted by molar-refractivity contribution is 8.18. The molecule has 1 amide bonds. The van der Waals surface area contributed by atoms with Crippen LogP contribution in [0.15, 0.2) is 64.5 Å². The Bertz CT molecular complexity index is 1410. The molecule has 184 valence electrons. The minimum Gasteiger partial charge on any atom is -0.493 e. The second-order valence-corrected chi connectivity index (χ2v) is 9.46. The van der Waals surface area contributed by atoms with Gasteiger partial charge in [0.1, 0.15) is 6.61 Å². The maximum atomic E-state index is 12.5. The number of nitro groups is 1. The van der Waals surface area contributed by atoms with Gasteiger partial charge in [-0.25, -0.2) is 4.99 Å². The second kappa shape index (κ2) is 11.0. The molecule has 8 nitrogen and oxygen atoms in total. The average Bonchev–Trinajstić information content (AvgIpc) is 3.19. The molecule has 1 fully saturated rings. The van der Waals surface area contributed by atoms with Crippen molar-refractivity contribution in [3.05, 3.63) is 96.4 Å². The minimum atomic E-state index is -0.464. The number of nitrogens with one attached hydrogen (secondary N) is 1. The number of non-ortho nitro benzene ring substituents is 1. The third kappa shape index (κ3) is 5.81. The summed E-state index contributed by atoms with van der Waals surface area (Å²) in [6, 6.07) is 14.8. The van der Waals surface area contributed by atoms with Gasteiger partial charge in [-0.3, -0.25) is 14.9 Å². The number of hydrogen-bond donors (Lipinski definition) is 1. The highest BCUT2D eigenvalue weighted by Gasteiger charge is 2.24. The molecule has 0 atom stereocenters. The van der Waals surface area contributed by atoms with Crippen molar-refractivity contribution in [2.45, 2.75) is 13.5 Å². The first-order valence-electron chi connectivity index (χ1n) is 10.5. The fourth-order valence-electron chi connectivity index (χ4n) is 3.29. The van der Waals surface area contributed by atoms with E-state index in [4.69, 9.17) is 32.7 Å². The number of methoxy groups -OCH3 is 1. The van der Waals surface area contributed by atoms with Crippen LogP contribution in [0, 0.1) is 17.0 Å². The van der Waals surface area contributed by atoms with E-state index in [0.717, 1.165) is 11.1 Å². The molecule has 1 heterocycles. The molecular formula is C25H19Cl2N3O5S. The highest BCUT2D eigenvalue weighted by atomic mass is 35.5. The molecule has 3 aromatic rings. The Morgan fingerprint density at radius 1 is 1.14 bits per heavy atom. The molecule has 0 aliphatic carbocycles. The third-order valence-corrected chi connectivity index (χ3v) is 6.79. The maximum Gasteiger partial charge on any atom is 0.269 e. The predicted octanol–water partition coefficient (Wildman–Crippen LogP) is 6.69. The molecule has 1 N–H and O–H groups in total. The number of carbonyl (C=O) groups excluding carboxylic acids is 1. The van der Waals surface area contributed by atoms with Crippen molar-refractivity contribution in [2.24, 2.45) is 4.99 Å². The summed E-state index contributed by atoms with van der Waals surface area (Å²) in [5, 5.41) is 14.9. The van der Waals surface area contributed by atoms with E-state index in [1.54, 1.807) is 42.5 Å². The van der Waals surface area contributed by atoms with Crippen molar-refractivity contribution >= 4 is 63.5 Å². The molecule has 1 aliphatic heterocycles. The molecule has 1 saturated heterocycles. The highest BCUT2D eigenvalue weighted by Crippen LogP contribution is 2.39. The van der Waals surface area contributed by atoms with Gasteiger partial charge >= 0.3 is 0 Å². The van der Waals surface area contributed by atoms with Crippen LogP contribution in [0.4, 0.5) is 11.4 Å². The van der Waals surface area contributed by atoms with Gasteiger partial charge < -0.3 is 14.8 Å². The van der Waals surface area contributed by atoms with E-state index in [1.807, 2.05) is 13.0 Å². The summed E-state index contributed by atoms with van der Waals surface area (Å²) >= 11 is 13.8. The second-order valence-electron chi connectivity index (χ2n) is 7.61. The molecule has 0 saturated carbocycles. The van der Waals surface area contributed by atoms with Gasteiger partial charge in [-0.2, -0.15) is 0 Å². The summed E-state index contributed by atoms with van der Waals surface area (Å²) in [4.78, 5) is 27.8. The fraction of sp³-hybridized carbons (Fsp3) is 0.120. The number of amidine groups is 1. The van der Waals surface area contributed by atoms with Crippen molar-refractivity contribution in [2.75, 3.05) is 7.11 Å². The summed E-state index contributed by atoms with van der Waals surface area (Å²) in [7, 11) is 1.48. The lowest BCUT2D eigenvalue weighted by Gasteiger charge is -2.13. The number of amides is 1. The molecule has 0 bridgehead atoms. The van der Waals surface area contributed by atoms with Gasteiger partial charge in [-0.1, -0.05) is 29.3 Å². The van der Waals surface area contributed by atoms with E-state index >= 15 is 0 Å². The number of rotatable bonds is 7. The largest absolute Gasteiger partial charge is 0.493 e. The Balaban J connectivity index is 1.52. The summed E-state index contributed by atoms with van der Waals surface area (Å²) in [6.45, 7) is 2.00. The first-order chi connectivity index (χ1) is 17.2. The van der Waals surface area contributed by atoms with Crippen LogP contribution in [0.5, 0.6) is 11.5 Å². The van der Waals surface area contributed by atoms with Gasteiger partial charge in [0.15, 0.2) is 16.7 Å². The lowest BCUT2D eigenvalue weighted by Crippen LogP contribution is -2.19. The van der Waals surface area contributed by atoms with Gasteiger partial charge in [-0.05, 0) is 77.9 Å². The molecular weight excluding hydrogens is 525 g/mol. The zero-order valence-corrected chi connectivity index (χ0v) is 21.4. The zero-order chi connectivity index (χ0) is 25.8. The summed E-state index contributed by atoms with van der Waals surface area (Å²) < 4.78 is 11.3. The molecule has 4 rings (SSSR count). The Labute approximate surface area is 221 Å². The van der Waals surface area contributed by atoms with Crippen molar-refractivity contribution in [1.82, 2.24) is 5.32 Å². The van der Waals surface area contributed by atoms with E-state index in [9.17, 15) is 14.9 Å². The van der Waals surface area contributed by atoms with Gasteiger partial charge in [0, 0.05) is 17.2 Å². The number of halogens is 2. The van der Waals surface area contributed by atoms with Gasteiger partial charge in [0.2, 0.25) is 0 Å². The molecule has 1 aliphatic rings. The van der Waals surface area contributed by atoms with Crippen LogP contribution in [0.2, 0.25) is 10.0 Å². The molecule has 3 aromatic carbocycles. The number of nitro benzene ring substituents is 1. The van der Waals surface area contributed by atoms with Crippen molar-refractivity contribution in [1.29, 1.82) is 0 Å². The van der Waals surface area contributed by atoms with E-state index < -0.39 is 4.92 Å². The number of benzene rings is 3. The Hall–Kier alpha value is -3.53.